The third-order valence-electron chi connectivity index (χ3n) is 7.78. The van der Waals surface area contributed by atoms with Crippen molar-refractivity contribution in [2.45, 2.75) is 65.3 Å². The van der Waals surface area contributed by atoms with E-state index >= 15 is 0 Å². The first kappa shape index (κ1) is 28.8. The number of aryl methyl sites for hydroxylation is 5. The van der Waals surface area contributed by atoms with Gasteiger partial charge in [0.25, 0.3) is 15.9 Å². The number of anilines is 1. The summed E-state index contributed by atoms with van der Waals surface area (Å²) in [5.74, 6) is -0.119. The molecule has 6 nitrogen and oxygen atoms in total. The zero-order valence-corrected chi connectivity index (χ0v) is 24.7. The van der Waals surface area contributed by atoms with Crippen LogP contribution in [0.4, 0.5) is 5.69 Å². The second kappa shape index (κ2) is 12.3. The largest absolute Gasteiger partial charge is 0.336 e. The van der Waals surface area contributed by atoms with Crippen LogP contribution in [0.5, 0.6) is 0 Å². The third-order valence-corrected chi connectivity index (χ3v) is 9.16. The molecular weight excluding hydrogens is 506 g/mol. The molecule has 3 aromatic carbocycles. The molecule has 1 fully saturated rings. The van der Waals surface area contributed by atoms with Gasteiger partial charge in [0.15, 0.2) is 0 Å². The summed E-state index contributed by atoms with van der Waals surface area (Å²) in [6.07, 6.45) is 3.20. The standard InChI is InChI=1S/C32H41N3O3S/c1-6-7-8-27-10-12-29(13-11-27)33-39(37,38)30-14-9-23(2)31(21-30)32(36)35-17-15-34(16-18-35)22-28-20-25(4)24(3)19-26(28)5/h9-14,19-21,33H,6-8,15-18,22H2,1-5H3. The zero-order valence-electron chi connectivity index (χ0n) is 23.9. The van der Waals surface area contributed by atoms with Crippen LogP contribution < -0.4 is 4.72 Å². The number of unbranched alkanes of at least 4 members (excludes halogenated alkanes) is 1. The van der Waals surface area contributed by atoms with Gasteiger partial charge >= 0.3 is 0 Å². The molecule has 0 unspecified atom stereocenters. The van der Waals surface area contributed by atoms with Gasteiger partial charge in [-0.1, -0.05) is 43.7 Å². The fraction of sp³-hybridized carbons (Fsp3) is 0.406. The minimum Gasteiger partial charge on any atom is -0.336 e. The molecule has 1 heterocycles. The molecule has 1 saturated heterocycles. The Balaban J connectivity index is 1.41. The highest BCUT2D eigenvalue weighted by atomic mass is 32.2. The van der Waals surface area contributed by atoms with Crippen LogP contribution in [-0.4, -0.2) is 50.3 Å². The molecule has 7 heteroatoms. The summed E-state index contributed by atoms with van der Waals surface area (Å²) in [6, 6.07) is 16.8. The molecule has 1 aliphatic heterocycles. The van der Waals surface area contributed by atoms with E-state index in [2.05, 4.69) is 49.4 Å². The first-order valence-corrected chi connectivity index (χ1v) is 15.4. The van der Waals surface area contributed by atoms with Crippen molar-refractivity contribution < 1.29 is 13.2 Å². The Kier molecular flexibility index (Phi) is 9.13. The zero-order chi connectivity index (χ0) is 28.2. The second-order valence-electron chi connectivity index (χ2n) is 10.8. The maximum atomic E-state index is 13.5. The predicted octanol–water partition coefficient (Wildman–Crippen LogP) is 6.02. The summed E-state index contributed by atoms with van der Waals surface area (Å²) < 4.78 is 29.0. The highest BCUT2D eigenvalue weighted by Crippen LogP contribution is 2.23. The number of hydrogen-bond acceptors (Lipinski definition) is 4. The maximum Gasteiger partial charge on any atom is 0.261 e. The van der Waals surface area contributed by atoms with E-state index in [9.17, 15) is 13.2 Å². The molecule has 1 amide bonds. The summed E-state index contributed by atoms with van der Waals surface area (Å²) >= 11 is 0. The Bertz CT molecular complexity index is 1420. The van der Waals surface area contributed by atoms with Crippen LogP contribution in [0.15, 0.2) is 59.5 Å². The number of carbonyl (C=O) groups is 1. The Hall–Kier alpha value is -3.16. The van der Waals surface area contributed by atoms with E-state index < -0.39 is 10.0 Å². The van der Waals surface area contributed by atoms with Crippen LogP contribution >= 0.6 is 0 Å². The molecule has 0 saturated carbocycles. The van der Waals surface area contributed by atoms with Crippen LogP contribution in [0.2, 0.25) is 0 Å². The van der Waals surface area contributed by atoms with Gasteiger partial charge in [0.2, 0.25) is 0 Å². The number of sulfonamides is 1. The van der Waals surface area contributed by atoms with E-state index in [1.165, 1.54) is 33.9 Å². The summed E-state index contributed by atoms with van der Waals surface area (Å²) in [6.45, 7) is 14.1. The number of piperazine rings is 1. The van der Waals surface area contributed by atoms with Crippen LogP contribution in [0.1, 0.15) is 63.5 Å². The predicted molar refractivity (Wildman–Crippen MR) is 159 cm³/mol. The Morgan fingerprint density at radius 1 is 0.821 bits per heavy atom. The van der Waals surface area contributed by atoms with Gasteiger partial charge in [-0.05, 0) is 98.2 Å². The average Bonchev–Trinajstić information content (AvgIpc) is 2.91. The number of rotatable bonds is 9. The first-order valence-electron chi connectivity index (χ1n) is 13.9. The molecule has 3 aromatic rings. The topological polar surface area (TPSA) is 69.7 Å². The van der Waals surface area contributed by atoms with Gasteiger partial charge in [-0.3, -0.25) is 14.4 Å². The first-order chi connectivity index (χ1) is 18.6. The molecule has 1 N–H and O–H groups in total. The van der Waals surface area contributed by atoms with Crippen molar-refractivity contribution in [1.82, 2.24) is 9.80 Å². The van der Waals surface area contributed by atoms with Gasteiger partial charge in [-0.25, -0.2) is 8.42 Å². The van der Waals surface area contributed by atoms with E-state index in [1.807, 2.05) is 24.0 Å². The lowest BCUT2D eigenvalue weighted by molar-refractivity contribution is 0.0627. The van der Waals surface area contributed by atoms with Gasteiger partial charge in [0.05, 0.1) is 4.90 Å². The monoisotopic (exact) mass is 547 g/mol. The van der Waals surface area contributed by atoms with Gasteiger partial charge in [0, 0.05) is 44.0 Å². The maximum absolute atomic E-state index is 13.5. The molecule has 208 valence electrons. The Morgan fingerprint density at radius 3 is 2.15 bits per heavy atom. The molecule has 0 bridgehead atoms. The van der Waals surface area contributed by atoms with E-state index in [0.717, 1.165) is 44.5 Å². The molecule has 39 heavy (non-hydrogen) atoms. The van der Waals surface area contributed by atoms with Gasteiger partial charge in [0.1, 0.15) is 0 Å². The minimum atomic E-state index is -3.83. The fourth-order valence-electron chi connectivity index (χ4n) is 5.04. The quantitative estimate of drug-likeness (QED) is 0.356. The van der Waals surface area contributed by atoms with Gasteiger partial charge in [-0.2, -0.15) is 0 Å². The fourth-order valence-corrected chi connectivity index (χ4v) is 6.13. The molecule has 0 aliphatic carbocycles. The minimum absolute atomic E-state index is 0.0929. The summed E-state index contributed by atoms with van der Waals surface area (Å²) in [7, 11) is -3.83. The number of hydrogen-bond donors (Lipinski definition) is 1. The van der Waals surface area contributed by atoms with Crippen LogP contribution in [0.3, 0.4) is 0 Å². The molecule has 0 spiro atoms. The van der Waals surface area contributed by atoms with E-state index in [1.54, 1.807) is 24.3 Å². The normalized spacial score (nSPS) is 14.4. The lowest BCUT2D eigenvalue weighted by Crippen LogP contribution is -2.48. The van der Waals surface area contributed by atoms with Crippen molar-refractivity contribution in [3.05, 3.63) is 93.5 Å². The molecular formula is C32H41N3O3S. The summed E-state index contributed by atoms with van der Waals surface area (Å²) in [5, 5.41) is 0. The average molecular weight is 548 g/mol. The van der Waals surface area contributed by atoms with Crippen molar-refractivity contribution in [2.75, 3.05) is 30.9 Å². The highest BCUT2D eigenvalue weighted by molar-refractivity contribution is 7.92. The van der Waals surface area contributed by atoms with Crippen molar-refractivity contribution in [2.24, 2.45) is 0 Å². The number of nitrogens with zero attached hydrogens (tertiary/aromatic N) is 2. The van der Waals surface area contributed by atoms with Crippen molar-refractivity contribution in [3.8, 4) is 0 Å². The molecule has 1 aliphatic rings. The smallest absolute Gasteiger partial charge is 0.261 e. The second-order valence-corrected chi connectivity index (χ2v) is 12.5. The van der Waals surface area contributed by atoms with Crippen molar-refractivity contribution >= 4 is 21.6 Å². The molecule has 4 rings (SSSR count). The lowest BCUT2D eigenvalue weighted by atomic mass is 10.0. The van der Waals surface area contributed by atoms with Crippen LogP contribution in [0, 0.1) is 27.7 Å². The van der Waals surface area contributed by atoms with E-state index in [4.69, 9.17) is 0 Å². The highest BCUT2D eigenvalue weighted by Gasteiger charge is 2.25. The number of benzene rings is 3. The third kappa shape index (κ3) is 7.08. The van der Waals surface area contributed by atoms with Crippen molar-refractivity contribution in [3.63, 3.8) is 0 Å². The van der Waals surface area contributed by atoms with Crippen molar-refractivity contribution in [1.29, 1.82) is 0 Å². The summed E-state index contributed by atoms with van der Waals surface area (Å²) in [5.41, 5.74) is 8.14. The summed E-state index contributed by atoms with van der Waals surface area (Å²) in [4.78, 5) is 17.8. The molecule has 0 aromatic heterocycles. The number of carbonyl (C=O) groups excluding carboxylic acids is 1. The Morgan fingerprint density at radius 2 is 1.49 bits per heavy atom. The SMILES string of the molecule is CCCCc1ccc(NS(=O)(=O)c2ccc(C)c(C(=O)N3CCN(Cc4cc(C)c(C)cc4C)CC3)c2)cc1. The molecule has 0 atom stereocenters. The number of amides is 1. The Labute approximate surface area is 234 Å². The number of nitrogens with one attached hydrogen (secondary N) is 1. The lowest BCUT2D eigenvalue weighted by Gasteiger charge is -2.35. The van der Waals surface area contributed by atoms with E-state index in [0.29, 0.717) is 24.3 Å². The van der Waals surface area contributed by atoms with Gasteiger partial charge < -0.3 is 4.90 Å². The van der Waals surface area contributed by atoms with E-state index in [-0.39, 0.29) is 10.8 Å². The van der Waals surface area contributed by atoms with Crippen LogP contribution in [0.25, 0.3) is 0 Å². The molecule has 0 radical (unpaired) electrons. The van der Waals surface area contributed by atoms with Crippen LogP contribution in [-0.2, 0) is 23.0 Å². The van der Waals surface area contributed by atoms with Gasteiger partial charge in [-0.15, -0.1) is 0 Å².